The van der Waals surface area contributed by atoms with Crippen molar-refractivity contribution in [2.75, 3.05) is 6.54 Å². The molecular formula is C14H11F3N4O. The van der Waals surface area contributed by atoms with E-state index in [4.69, 9.17) is 0 Å². The Hall–Kier alpha value is -2.64. The maximum Gasteiger partial charge on any atom is 0.471 e. The molecular weight excluding hydrogens is 297 g/mol. The first-order valence-corrected chi connectivity index (χ1v) is 6.45. The van der Waals surface area contributed by atoms with Crippen LogP contribution in [0.1, 0.15) is 17.3 Å². The van der Waals surface area contributed by atoms with Gasteiger partial charge >= 0.3 is 12.1 Å². The van der Waals surface area contributed by atoms with E-state index in [1.807, 2.05) is 23.1 Å². The van der Waals surface area contributed by atoms with Gasteiger partial charge in [-0.15, -0.1) is 0 Å². The zero-order valence-electron chi connectivity index (χ0n) is 11.3. The smallest absolute Gasteiger partial charge is 0.369 e. The molecule has 0 saturated carbocycles. The molecule has 22 heavy (non-hydrogen) atoms. The van der Waals surface area contributed by atoms with Gasteiger partial charge in [0.2, 0.25) is 5.82 Å². The third-order valence-corrected chi connectivity index (χ3v) is 2.99. The molecule has 1 aliphatic heterocycles. The van der Waals surface area contributed by atoms with Crippen molar-refractivity contribution in [1.82, 2.24) is 20.0 Å². The van der Waals surface area contributed by atoms with Crippen LogP contribution in [0.5, 0.6) is 0 Å². The molecule has 0 saturated heterocycles. The summed E-state index contributed by atoms with van der Waals surface area (Å²) < 4.78 is 41.7. The molecule has 1 aliphatic rings. The monoisotopic (exact) mass is 308 g/mol. The first kappa shape index (κ1) is 14.3. The van der Waals surface area contributed by atoms with Gasteiger partial charge in [0, 0.05) is 37.3 Å². The van der Waals surface area contributed by atoms with Crippen molar-refractivity contribution >= 4 is 5.57 Å². The molecule has 2 aromatic heterocycles. The Labute approximate surface area is 123 Å². The van der Waals surface area contributed by atoms with Gasteiger partial charge in [0.25, 0.3) is 0 Å². The average Bonchev–Trinajstić information content (AvgIpc) is 2.99. The van der Waals surface area contributed by atoms with Crippen molar-refractivity contribution in [1.29, 1.82) is 0 Å². The zero-order valence-corrected chi connectivity index (χ0v) is 11.3. The molecule has 5 nitrogen and oxygen atoms in total. The van der Waals surface area contributed by atoms with E-state index in [2.05, 4.69) is 19.6 Å². The van der Waals surface area contributed by atoms with Gasteiger partial charge in [0.05, 0.1) is 0 Å². The van der Waals surface area contributed by atoms with E-state index in [0.717, 1.165) is 5.56 Å². The number of hydrogen-bond donors (Lipinski definition) is 0. The highest BCUT2D eigenvalue weighted by molar-refractivity contribution is 5.69. The summed E-state index contributed by atoms with van der Waals surface area (Å²) in [6.45, 7) is 1.23. The number of nitrogens with zero attached hydrogens (tertiary/aromatic N) is 4. The molecule has 3 rings (SSSR count). The summed E-state index contributed by atoms with van der Waals surface area (Å²) in [5.74, 6) is -1.43. The van der Waals surface area contributed by atoms with Gasteiger partial charge in [-0.1, -0.05) is 23.4 Å². The second kappa shape index (κ2) is 5.63. The van der Waals surface area contributed by atoms with Crippen molar-refractivity contribution in [3.63, 3.8) is 0 Å². The Kier molecular flexibility index (Phi) is 3.66. The van der Waals surface area contributed by atoms with Gasteiger partial charge in [-0.3, -0.25) is 4.98 Å². The molecule has 8 heteroatoms. The molecule has 0 N–H and O–H groups in total. The predicted octanol–water partition coefficient (Wildman–Crippen LogP) is 2.90. The van der Waals surface area contributed by atoms with Crippen LogP contribution in [0, 0.1) is 0 Å². The van der Waals surface area contributed by atoms with E-state index >= 15 is 0 Å². The highest BCUT2D eigenvalue weighted by atomic mass is 19.4. The summed E-state index contributed by atoms with van der Waals surface area (Å²) in [4.78, 5) is 9.34. The summed E-state index contributed by atoms with van der Waals surface area (Å²) in [5, 5.41) is 3.38. The molecule has 0 spiro atoms. The lowest BCUT2D eigenvalue weighted by molar-refractivity contribution is -0.159. The van der Waals surface area contributed by atoms with E-state index in [9.17, 15) is 13.2 Å². The molecule has 2 aromatic rings. The molecule has 0 bridgehead atoms. The third-order valence-electron chi connectivity index (χ3n) is 2.99. The number of allylic oxidation sites excluding steroid dienone is 2. The van der Waals surface area contributed by atoms with Crippen molar-refractivity contribution in [3.8, 4) is 0 Å². The lowest BCUT2D eigenvalue weighted by Gasteiger charge is -2.22. The number of aromatic nitrogens is 3. The maximum atomic E-state index is 12.5. The standard InChI is InChI=1S/C14H11F3N4O/c15-14(16,17)13-19-12(20-22-13)11-4-2-6-21(9-11)8-10-3-1-5-18-7-10/h1-5,7,9H,6,8H2. The minimum atomic E-state index is -4.64. The fourth-order valence-corrected chi connectivity index (χ4v) is 2.03. The summed E-state index contributed by atoms with van der Waals surface area (Å²) >= 11 is 0. The molecule has 3 heterocycles. The van der Waals surface area contributed by atoms with Crippen molar-refractivity contribution < 1.29 is 17.7 Å². The normalized spacial score (nSPS) is 15.0. The Balaban J connectivity index is 1.78. The van der Waals surface area contributed by atoms with Crippen LogP contribution in [0.25, 0.3) is 5.57 Å². The number of alkyl halides is 3. The van der Waals surface area contributed by atoms with Crippen LogP contribution in [-0.4, -0.2) is 26.6 Å². The largest absolute Gasteiger partial charge is 0.471 e. The second-order valence-corrected chi connectivity index (χ2v) is 4.70. The molecule has 0 radical (unpaired) electrons. The van der Waals surface area contributed by atoms with E-state index in [-0.39, 0.29) is 5.82 Å². The topological polar surface area (TPSA) is 55.1 Å². The van der Waals surface area contributed by atoms with Crippen molar-refractivity contribution in [2.45, 2.75) is 12.7 Å². The predicted molar refractivity (Wildman–Crippen MR) is 71.1 cm³/mol. The average molecular weight is 308 g/mol. The van der Waals surface area contributed by atoms with Gasteiger partial charge in [-0.2, -0.15) is 18.2 Å². The Morgan fingerprint density at radius 2 is 2.18 bits per heavy atom. The zero-order chi connectivity index (χ0) is 15.6. The van der Waals surface area contributed by atoms with Crippen LogP contribution >= 0.6 is 0 Å². The SMILES string of the molecule is FC(F)(F)c1nc(C2=CN(Cc3cccnc3)CC=C2)no1. The van der Waals surface area contributed by atoms with Gasteiger partial charge in [-0.25, -0.2) is 0 Å². The van der Waals surface area contributed by atoms with Crippen LogP contribution in [0.4, 0.5) is 13.2 Å². The quantitative estimate of drug-likeness (QED) is 0.872. The Bertz CT molecular complexity index is 706. The summed E-state index contributed by atoms with van der Waals surface area (Å²) in [7, 11) is 0. The van der Waals surface area contributed by atoms with E-state index in [0.29, 0.717) is 18.7 Å². The fourth-order valence-electron chi connectivity index (χ4n) is 2.03. The molecule has 0 aliphatic carbocycles. The highest BCUT2D eigenvalue weighted by Crippen LogP contribution is 2.29. The summed E-state index contributed by atoms with van der Waals surface area (Å²) in [6.07, 6.45) is 3.98. The summed E-state index contributed by atoms with van der Waals surface area (Å²) in [6, 6.07) is 3.75. The second-order valence-electron chi connectivity index (χ2n) is 4.70. The molecule has 0 fully saturated rings. The number of pyridine rings is 1. The Morgan fingerprint density at radius 1 is 1.32 bits per heavy atom. The lowest BCUT2D eigenvalue weighted by Crippen LogP contribution is -2.19. The van der Waals surface area contributed by atoms with Crippen LogP contribution in [0.2, 0.25) is 0 Å². The first-order valence-electron chi connectivity index (χ1n) is 6.45. The lowest BCUT2D eigenvalue weighted by atomic mass is 10.1. The molecule has 0 atom stereocenters. The molecule has 0 aromatic carbocycles. The van der Waals surface area contributed by atoms with Crippen molar-refractivity contribution in [2.24, 2.45) is 0 Å². The van der Waals surface area contributed by atoms with Gasteiger partial charge < -0.3 is 9.42 Å². The fraction of sp³-hybridized carbons (Fsp3) is 0.214. The minimum Gasteiger partial charge on any atom is -0.369 e. The molecule has 114 valence electrons. The van der Waals surface area contributed by atoms with Gasteiger partial charge in [-0.05, 0) is 11.6 Å². The highest BCUT2D eigenvalue weighted by Gasteiger charge is 2.38. The van der Waals surface area contributed by atoms with Crippen LogP contribution < -0.4 is 0 Å². The van der Waals surface area contributed by atoms with Crippen LogP contribution in [0.3, 0.4) is 0 Å². The maximum absolute atomic E-state index is 12.5. The number of hydrogen-bond acceptors (Lipinski definition) is 5. The minimum absolute atomic E-state index is 0.0838. The Morgan fingerprint density at radius 3 is 2.86 bits per heavy atom. The van der Waals surface area contributed by atoms with Gasteiger partial charge in [0.15, 0.2) is 0 Å². The van der Waals surface area contributed by atoms with E-state index in [1.165, 1.54) is 0 Å². The number of rotatable bonds is 3. The molecule has 0 unspecified atom stereocenters. The van der Waals surface area contributed by atoms with Crippen LogP contribution in [-0.2, 0) is 12.7 Å². The molecule has 0 amide bonds. The number of halogens is 3. The van der Waals surface area contributed by atoms with Crippen LogP contribution in [0.15, 0.2) is 47.4 Å². The van der Waals surface area contributed by atoms with E-state index in [1.54, 1.807) is 24.7 Å². The summed E-state index contributed by atoms with van der Waals surface area (Å²) in [5.41, 5.74) is 1.46. The first-order chi connectivity index (χ1) is 10.5. The van der Waals surface area contributed by atoms with Crippen molar-refractivity contribution in [3.05, 3.63) is 60.2 Å². The van der Waals surface area contributed by atoms with Gasteiger partial charge in [0.1, 0.15) is 0 Å². The van der Waals surface area contributed by atoms with E-state index < -0.39 is 12.1 Å². The third kappa shape index (κ3) is 3.16.